The van der Waals surface area contributed by atoms with Gasteiger partial charge in [0.1, 0.15) is 0 Å². The molecule has 0 aliphatic carbocycles. The highest BCUT2D eigenvalue weighted by atomic mass is 16.6. The zero-order valence-corrected chi connectivity index (χ0v) is 8.77. The van der Waals surface area contributed by atoms with Gasteiger partial charge in [0, 0.05) is 25.3 Å². The van der Waals surface area contributed by atoms with Crippen LogP contribution in [0.2, 0.25) is 0 Å². The molecule has 15 heavy (non-hydrogen) atoms. The summed E-state index contributed by atoms with van der Waals surface area (Å²) in [5.41, 5.74) is 7.45. The number of rotatable bonds is 4. The Labute approximate surface area is 88.0 Å². The SMILES string of the molecule is COCc1cc([N+](=O)[O-])ccc1C(C)N. The largest absolute Gasteiger partial charge is 0.380 e. The number of benzene rings is 1. The van der Waals surface area contributed by atoms with Gasteiger partial charge in [0.05, 0.1) is 11.5 Å². The van der Waals surface area contributed by atoms with Gasteiger partial charge in [-0.3, -0.25) is 10.1 Å². The molecule has 1 unspecified atom stereocenters. The Morgan fingerprint density at radius 2 is 2.27 bits per heavy atom. The average Bonchev–Trinajstić information content (AvgIpc) is 2.17. The van der Waals surface area contributed by atoms with Gasteiger partial charge in [-0.2, -0.15) is 0 Å². The lowest BCUT2D eigenvalue weighted by molar-refractivity contribution is -0.385. The molecule has 2 N–H and O–H groups in total. The van der Waals surface area contributed by atoms with E-state index in [1.165, 1.54) is 12.1 Å². The van der Waals surface area contributed by atoms with Gasteiger partial charge in [0.25, 0.3) is 5.69 Å². The molecule has 5 nitrogen and oxygen atoms in total. The van der Waals surface area contributed by atoms with Gasteiger partial charge in [0.15, 0.2) is 0 Å². The van der Waals surface area contributed by atoms with Crippen molar-refractivity contribution >= 4 is 5.69 Å². The van der Waals surface area contributed by atoms with Gasteiger partial charge >= 0.3 is 0 Å². The van der Waals surface area contributed by atoms with Crippen LogP contribution in [0.3, 0.4) is 0 Å². The summed E-state index contributed by atoms with van der Waals surface area (Å²) in [5.74, 6) is 0. The molecule has 1 atom stereocenters. The van der Waals surface area contributed by atoms with Crippen LogP contribution in [0.1, 0.15) is 24.1 Å². The summed E-state index contributed by atoms with van der Waals surface area (Å²) < 4.78 is 4.98. The molecular weight excluding hydrogens is 196 g/mol. The Kier molecular flexibility index (Phi) is 3.76. The molecule has 0 amide bonds. The Morgan fingerprint density at radius 3 is 2.73 bits per heavy atom. The first-order valence-corrected chi connectivity index (χ1v) is 4.58. The lowest BCUT2D eigenvalue weighted by Gasteiger charge is -2.11. The van der Waals surface area contributed by atoms with Crippen molar-refractivity contribution < 1.29 is 9.66 Å². The summed E-state index contributed by atoms with van der Waals surface area (Å²) in [5, 5.41) is 10.6. The number of nitro groups is 1. The topological polar surface area (TPSA) is 78.4 Å². The maximum Gasteiger partial charge on any atom is 0.269 e. The molecule has 1 aromatic carbocycles. The fraction of sp³-hybridized carbons (Fsp3) is 0.400. The molecule has 1 aromatic rings. The predicted octanol–water partition coefficient (Wildman–Crippen LogP) is 1.76. The van der Waals surface area contributed by atoms with Crippen molar-refractivity contribution in [3.63, 3.8) is 0 Å². The highest BCUT2D eigenvalue weighted by Gasteiger charge is 2.12. The lowest BCUT2D eigenvalue weighted by atomic mass is 10.0. The minimum absolute atomic E-state index is 0.0615. The lowest BCUT2D eigenvalue weighted by Crippen LogP contribution is -2.09. The summed E-state index contributed by atoms with van der Waals surface area (Å²) in [6.45, 7) is 2.17. The molecule has 0 aliphatic rings. The molecule has 0 aromatic heterocycles. The molecule has 0 heterocycles. The summed E-state index contributed by atoms with van der Waals surface area (Å²) in [6, 6.07) is 4.48. The summed E-state index contributed by atoms with van der Waals surface area (Å²) in [4.78, 5) is 10.1. The van der Waals surface area contributed by atoms with E-state index < -0.39 is 4.92 Å². The second-order valence-electron chi connectivity index (χ2n) is 3.36. The zero-order valence-electron chi connectivity index (χ0n) is 8.77. The van der Waals surface area contributed by atoms with Crippen molar-refractivity contribution in [3.8, 4) is 0 Å². The molecule has 0 bridgehead atoms. The van der Waals surface area contributed by atoms with Gasteiger partial charge in [-0.05, 0) is 18.1 Å². The van der Waals surface area contributed by atoms with Crippen LogP contribution >= 0.6 is 0 Å². The molecule has 0 aliphatic heterocycles. The second-order valence-corrected chi connectivity index (χ2v) is 3.36. The smallest absolute Gasteiger partial charge is 0.269 e. The molecule has 5 heteroatoms. The molecule has 0 spiro atoms. The molecule has 0 radical (unpaired) electrons. The van der Waals surface area contributed by atoms with Crippen molar-refractivity contribution in [2.45, 2.75) is 19.6 Å². The van der Waals surface area contributed by atoms with E-state index in [0.29, 0.717) is 6.61 Å². The maximum atomic E-state index is 10.6. The number of nitrogens with two attached hydrogens (primary N) is 1. The maximum absolute atomic E-state index is 10.6. The zero-order chi connectivity index (χ0) is 11.4. The summed E-state index contributed by atoms with van der Waals surface area (Å²) in [7, 11) is 1.55. The number of hydrogen-bond donors (Lipinski definition) is 1. The van der Waals surface area contributed by atoms with E-state index in [2.05, 4.69) is 0 Å². The van der Waals surface area contributed by atoms with Crippen LogP contribution in [0, 0.1) is 10.1 Å². The van der Waals surface area contributed by atoms with Crippen molar-refractivity contribution in [2.75, 3.05) is 7.11 Å². The summed E-state index contributed by atoms with van der Waals surface area (Å²) >= 11 is 0. The van der Waals surface area contributed by atoms with Crippen molar-refractivity contribution in [1.82, 2.24) is 0 Å². The van der Waals surface area contributed by atoms with Gasteiger partial charge in [0.2, 0.25) is 0 Å². The number of hydrogen-bond acceptors (Lipinski definition) is 4. The van der Waals surface area contributed by atoms with Gasteiger partial charge in [-0.1, -0.05) is 6.07 Å². The van der Waals surface area contributed by atoms with Crippen LogP contribution in [0.5, 0.6) is 0 Å². The van der Waals surface area contributed by atoms with Crippen LogP contribution in [0.4, 0.5) is 5.69 Å². The van der Waals surface area contributed by atoms with E-state index in [4.69, 9.17) is 10.5 Å². The van der Waals surface area contributed by atoms with E-state index in [1.54, 1.807) is 13.2 Å². The molecule has 0 saturated heterocycles. The minimum atomic E-state index is -0.426. The Hall–Kier alpha value is -1.46. The quantitative estimate of drug-likeness (QED) is 0.606. The molecular formula is C10H14N2O3. The van der Waals surface area contributed by atoms with Crippen LogP contribution in [0.15, 0.2) is 18.2 Å². The normalized spacial score (nSPS) is 12.5. The van der Waals surface area contributed by atoms with Crippen molar-refractivity contribution in [1.29, 1.82) is 0 Å². The second kappa shape index (κ2) is 4.86. The van der Waals surface area contributed by atoms with Gasteiger partial charge in [-0.25, -0.2) is 0 Å². The number of nitrogens with zero attached hydrogens (tertiary/aromatic N) is 1. The van der Waals surface area contributed by atoms with Crippen LogP contribution < -0.4 is 5.73 Å². The third-order valence-electron chi connectivity index (χ3n) is 2.13. The Morgan fingerprint density at radius 1 is 1.60 bits per heavy atom. The number of ether oxygens (including phenoxy) is 1. The van der Waals surface area contributed by atoms with E-state index in [9.17, 15) is 10.1 Å². The molecule has 82 valence electrons. The Bertz CT molecular complexity index is 364. The van der Waals surface area contributed by atoms with Crippen LogP contribution in [-0.2, 0) is 11.3 Å². The summed E-state index contributed by atoms with van der Waals surface area (Å²) in [6.07, 6.45) is 0. The van der Waals surface area contributed by atoms with E-state index in [1.807, 2.05) is 6.92 Å². The first kappa shape index (κ1) is 11.6. The third-order valence-corrected chi connectivity index (χ3v) is 2.13. The standard InChI is InChI=1S/C10H14N2O3/c1-7(11)10-4-3-9(12(13)14)5-8(10)6-15-2/h3-5,7H,6,11H2,1-2H3. The van der Waals surface area contributed by atoms with E-state index in [-0.39, 0.29) is 11.7 Å². The molecule has 0 fully saturated rings. The number of nitro benzene ring substituents is 1. The first-order chi connectivity index (χ1) is 7.06. The fourth-order valence-electron chi connectivity index (χ4n) is 1.43. The van der Waals surface area contributed by atoms with Crippen molar-refractivity contribution in [3.05, 3.63) is 39.4 Å². The highest BCUT2D eigenvalue weighted by Crippen LogP contribution is 2.22. The van der Waals surface area contributed by atoms with Crippen LogP contribution in [0.25, 0.3) is 0 Å². The van der Waals surface area contributed by atoms with Crippen LogP contribution in [-0.4, -0.2) is 12.0 Å². The van der Waals surface area contributed by atoms with Gasteiger partial charge in [-0.15, -0.1) is 0 Å². The third kappa shape index (κ3) is 2.74. The van der Waals surface area contributed by atoms with Crippen molar-refractivity contribution in [2.24, 2.45) is 5.73 Å². The van der Waals surface area contributed by atoms with E-state index >= 15 is 0 Å². The molecule has 0 saturated carbocycles. The fourth-order valence-corrected chi connectivity index (χ4v) is 1.43. The van der Waals surface area contributed by atoms with E-state index in [0.717, 1.165) is 11.1 Å². The predicted molar refractivity (Wildman–Crippen MR) is 56.4 cm³/mol. The van der Waals surface area contributed by atoms with Gasteiger partial charge < -0.3 is 10.5 Å². The molecule has 1 rings (SSSR count). The number of non-ortho nitro benzene ring substituents is 1. The number of methoxy groups -OCH3 is 1. The first-order valence-electron chi connectivity index (χ1n) is 4.58. The monoisotopic (exact) mass is 210 g/mol. The average molecular weight is 210 g/mol. The highest BCUT2D eigenvalue weighted by molar-refractivity contribution is 5.40. The Balaban J connectivity index is 3.14. The minimum Gasteiger partial charge on any atom is -0.380 e.